The Labute approximate surface area is 107 Å². The second-order valence-corrected chi connectivity index (χ2v) is 4.27. The number of aromatic nitrogens is 1. The summed E-state index contributed by atoms with van der Waals surface area (Å²) in [6.07, 6.45) is 1.78. The zero-order chi connectivity index (χ0) is 13.0. The van der Waals surface area contributed by atoms with Crippen LogP contribution in [0.4, 0.5) is 4.39 Å². The van der Waals surface area contributed by atoms with Crippen LogP contribution < -0.4 is 5.32 Å². The molecule has 1 aromatic heterocycles. The number of pyridine rings is 1. The first kappa shape index (κ1) is 12.7. The SMILES string of the molecule is CCNCc1cc(F)ccc1-c1ccnc(C)c1. The minimum atomic E-state index is -0.197. The number of halogens is 1. The van der Waals surface area contributed by atoms with E-state index in [1.807, 2.05) is 32.0 Å². The molecule has 0 saturated heterocycles. The van der Waals surface area contributed by atoms with Crippen molar-refractivity contribution in [2.75, 3.05) is 6.54 Å². The van der Waals surface area contributed by atoms with Gasteiger partial charge in [0.1, 0.15) is 5.82 Å². The molecule has 2 nitrogen and oxygen atoms in total. The van der Waals surface area contributed by atoms with Crippen LogP contribution in [-0.2, 0) is 6.54 Å². The molecule has 94 valence electrons. The molecule has 2 aromatic rings. The van der Waals surface area contributed by atoms with Crippen LogP contribution in [0, 0.1) is 12.7 Å². The van der Waals surface area contributed by atoms with Crippen molar-refractivity contribution < 1.29 is 4.39 Å². The molecule has 0 atom stereocenters. The number of hydrogen-bond acceptors (Lipinski definition) is 2. The van der Waals surface area contributed by atoms with Crippen molar-refractivity contribution >= 4 is 0 Å². The van der Waals surface area contributed by atoms with Gasteiger partial charge < -0.3 is 5.32 Å². The summed E-state index contributed by atoms with van der Waals surface area (Å²) >= 11 is 0. The van der Waals surface area contributed by atoms with Gasteiger partial charge in [0.2, 0.25) is 0 Å². The maximum absolute atomic E-state index is 13.3. The van der Waals surface area contributed by atoms with Crippen LogP contribution in [0.25, 0.3) is 11.1 Å². The second-order valence-electron chi connectivity index (χ2n) is 4.27. The number of benzene rings is 1. The molecule has 0 aliphatic heterocycles. The van der Waals surface area contributed by atoms with Gasteiger partial charge in [0.15, 0.2) is 0 Å². The third-order valence-corrected chi connectivity index (χ3v) is 2.84. The summed E-state index contributed by atoms with van der Waals surface area (Å²) in [6.45, 7) is 5.53. The van der Waals surface area contributed by atoms with Crippen molar-refractivity contribution in [3.63, 3.8) is 0 Å². The second kappa shape index (κ2) is 5.74. The number of nitrogens with zero attached hydrogens (tertiary/aromatic N) is 1. The van der Waals surface area contributed by atoms with E-state index < -0.39 is 0 Å². The number of aryl methyl sites for hydroxylation is 1. The van der Waals surface area contributed by atoms with Crippen molar-refractivity contribution in [2.45, 2.75) is 20.4 Å². The van der Waals surface area contributed by atoms with Gasteiger partial charge in [0.25, 0.3) is 0 Å². The fourth-order valence-electron chi connectivity index (χ4n) is 1.96. The van der Waals surface area contributed by atoms with Crippen LogP contribution in [0.2, 0.25) is 0 Å². The maximum atomic E-state index is 13.3. The Morgan fingerprint density at radius 3 is 2.78 bits per heavy atom. The topological polar surface area (TPSA) is 24.9 Å². The van der Waals surface area contributed by atoms with E-state index in [4.69, 9.17) is 0 Å². The van der Waals surface area contributed by atoms with Crippen molar-refractivity contribution in [1.82, 2.24) is 10.3 Å². The van der Waals surface area contributed by atoms with Gasteiger partial charge in [-0.1, -0.05) is 13.0 Å². The van der Waals surface area contributed by atoms with Crippen molar-refractivity contribution in [2.24, 2.45) is 0 Å². The third-order valence-electron chi connectivity index (χ3n) is 2.84. The quantitative estimate of drug-likeness (QED) is 0.892. The molecule has 0 bridgehead atoms. The van der Waals surface area contributed by atoms with E-state index in [1.165, 1.54) is 6.07 Å². The molecule has 0 fully saturated rings. The molecule has 0 saturated carbocycles. The van der Waals surface area contributed by atoms with Gasteiger partial charge in [-0.25, -0.2) is 4.39 Å². The predicted molar refractivity (Wildman–Crippen MR) is 71.7 cm³/mol. The van der Waals surface area contributed by atoms with Crippen LogP contribution in [0.3, 0.4) is 0 Å². The standard InChI is InChI=1S/C15H17FN2/c1-3-17-10-13-9-14(16)4-5-15(13)12-6-7-18-11(2)8-12/h4-9,17H,3,10H2,1-2H3. The molecule has 0 amide bonds. The number of rotatable bonds is 4. The van der Waals surface area contributed by atoms with E-state index in [2.05, 4.69) is 10.3 Å². The van der Waals surface area contributed by atoms with E-state index >= 15 is 0 Å². The summed E-state index contributed by atoms with van der Waals surface area (Å²) in [5, 5.41) is 3.23. The first-order valence-corrected chi connectivity index (χ1v) is 6.13. The summed E-state index contributed by atoms with van der Waals surface area (Å²) in [4.78, 5) is 4.19. The molecule has 1 heterocycles. The largest absolute Gasteiger partial charge is 0.313 e. The Morgan fingerprint density at radius 1 is 1.22 bits per heavy atom. The van der Waals surface area contributed by atoms with E-state index in [9.17, 15) is 4.39 Å². The van der Waals surface area contributed by atoms with Gasteiger partial charge in [0, 0.05) is 18.4 Å². The molecule has 0 aliphatic rings. The third kappa shape index (κ3) is 2.93. The molecule has 1 N–H and O–H groups in total. The van der Waals surface area contributed by atoms with Crippen LogP contribution >= 0.6 is 0 Å². The molecule has 0 aliphatic carbocycles. The van der Waals surface area contributed by atoms with Crippen LogP contribution in [0.15, 0.2) is 36.5 Å². The van der Waals surface area contributed by atoms with Gasteiger partial charge in [-0.2, -0.15) is 0 Å². The molecular weight excluding hydrogens is 227 g/mol. The van der Waals surface area contributed by atoms with Crippen molar-refractivity contribution in [1.29, 1.82) is 0 Å². The Morgan fingerprint density at radius 2 is 2.06 bits per heavy atom. The highest BCUT2D eigenvalue weighted by Gasteiger charge is 2.06. The van der Waals surface area contributed by atoms with Gasteiger partial charge in [0.05, 0.1) is 0 Å². The average molecular weight is 244 g/mol. The molecule has 3 heteroatoms. The van der Waals surface area contributed by atoms with Crippen LogP contribution in [0.1, 0.15) is 18.2 Å². The zero-order valence-corrected chi connectivity index (χ0v) is 10.7. The number of hydrogen-bond donors (Lipinski definition) is 1. The summed E-state index contributed by atoms with van der Waals surface area (Å²) in [7, 11) is 0. The summed E-state index contributed by atoms with van der Waals surface area (Å²) in [6, 6.07) is 8.89. The van der Waals surface area contributed by atoms with Crippen molar-refractivity contribution in [3.05, 3.63) is 53.6 Å². The van der Waals surface area contributed by atoms with Crippen LogP contribution in [0.5, 0.6) is 0 Å². The van der Waals surface area contributed by atoms with E-state index in [-0.39, 0.29) is 5.82 Å². The lowest BCUT2D eigenvalue weighted by Crippen LogP contribution is -2.12. The molecule has 2 rings (SSSR count). The normalized spacial score (nSPS) is 10.6. The molecule has 0 radical (unpaired) electrons. The van der Waals surface area contributed by atoms with Crippen LogP contribution in [-0.4, -0.2) is 11.5 Å². The summed E-state index contributed by atoms with van der Waals surface area (Å²) in [5.74, 6) is -0.197. The highest BCUT2D eigenvalue weighted by atomic mass is 19.1. The highest BCUT2D eigenvalue weighted by molar-refractivity contribution is 5.67. The lowest BCUT2D eigenvalue weighted by molar-refractivity contribution is 0.622. The molecule has 1 aromatic carbocycles. The zero-order valence-electron chi connectivity index (χ0n) is 10.7. The lowest BCUT2D eigenvalue weighted by Gasteiger charge is -2.11. The Balaban J connectivity index is 2.42. The first-order valence-electron chi connectivity index (χ1n) is 6.13. The van der Waals surface area contributed by atoms with E-state index in [0.717, 1.165) is 28.9 Å². The average Bonchev–Trinajstić information content (AvgIpc) is 2.36. The Kier molecular flexibility index (Phi) is 4.05. The maximum Gasteiger partial charge on any atom is 0.123 e. The van der Waals surface area contributed by atoms with Gasteiger partial charge in [-0.15, -0.1) is 0 Å². The summed E-state index contributed by atoms with van der Waals surface area (Å²) < 4.78 is 13.3. The number of nitrogens with one attached hydrogen (secondary N) is 1. The molecule has 18 heavy (non-hydrogen) atoms. The van der Waals surface area contributed by atoms with Gasteiger partial charge in [-0.3, -0.25) is 4.98 Å². The Hall–Kier alpha value is -1.74. The first-order chi connectivity index (χ1) is 8.70. The van der Waals surface area contributed by atoms with E-state index in [0.29, 0.717) is 6.54 Å². The Bertz CT molecular complexity index is 538. The predicted octanol–water partition coefficient (Wildman–Crippen LogP) is 3.31. The smallest absolute Gasteiger partial charge is 0.123 e. The van der Waals surface area contributed by atoms with E-state index in [1.54, 1.807) is 12.3 Å². The fraction of sp³-hybridized carbons (Fsp3) is 0.267. The highest BCUT2D eigenvalue weighted by Crippen LogP contribution is 2.24. The van der Waals surface area contributed by atoms with Crippen molar-refractivity contribution in [3.8, 4) is 11.1 Å². The van der Waals surface area contributed by atoms with Gasteiger partial charge >= 0.3 is 0 Å². The monoisotopic (exact) mass is 244 g/mol. The molecule has 0 unspecified atom stereocenters. The van der Waals surface area contributed by atoms with Gasteiger partial charge in [-0.05, 0) is 54.4 Å². The minimum absolute atomic E-state index is 0.197. The molecule has 0 spiro atoms. The fourth-order valence-corrected chi connectivity index (χ4v) is 1.96. The molecular formula is C15H17FN2. The summed E-state index contributed by atoms with van der Waals surface area (Å²) in [5.41, 5.74) is 4.08. The lowest BCUT2D eigenvalue weighted by atomic mass is 9.99. The minimum Gasteiger partial charge on any atom is -0.313 e.